The van der Waals surface area contributed by atoms with Crippen LogP contribution in [-0.4, -0.2) is 49.6 Å². The molecule has 3 N–H and O–H groups in total. The number of aliphatic imine (C=N–C) groups is 1. The highest BCUT2D eigenvalue weighted by atomic mass is 19.1. The number of rotatable bonds is 5. The molecule has 0 aromatic heterocycles. The third-order valence-corrected chi connectivity index (χ3v) is 5.81. The third kappa shape index (κ3) is 5.83. The lowest BCUT2D eigenvalue weighted by Crippen LogP contribution is -2.46. The summed E-state index contributed by atoms with van der Waals surface area (Å²) in [7, 11) is 0. The molecule has 0 amide bonds. The zero-order valence-corrected chi connectivity index (χ0v) is 16.6. The molecule has 2 aliphatic rings. The second-order valence-corrected chi connectivity index (χ2v) is 7.74. The van der Waals surface area contributed by atoms with Crippen LogP contribution in [0.3, 0.4) is 0 Å². The smallest absolute Gasteiger partial charge is 0.189 e. The van der Waals surface area contributed by atoms with Gasteiger partial charge < -0.3 is 20.9 Å². The van der Waals surface area contributed by atoms with Gasteiger partial charge in [-0.25, -0.2) is 9.38 Å². The van der Waals surface area contributed by atoms with Gasteiger partial charge in [-0.2, -0.15) is 0 Å². The summed E-state index contributed by atoms with van der Waals surface area (Å²) in [6.07, 6.45) is 7.45. The van der Waals surface area contributed by atoms with E-state index in [-0.39, 0.29) is 5.82 Å². The monoisotopic (exact) mass is 375 g/mol. The highest BCUT2D eigenvalue weighted by Gasteiger charge is 2.18. The molecule has 1 aromatic carbocycles. The molecule has 5 nitrogen and oxygen atoms in total. The number of halogens is 1. The van der Waals surface area contributed by atoms with E-state index >= 15 is 0 Å². The van der Waals surface area contributed by atoms with Crippen molar-refractivity contribution in [1.82, 2.24) is 10.2 Å². The van der Waals surface area contributed by atoms with Crippen molar-refractivity contribution in [3.05, 3.63) is 29.6 Å². The van der Waals surface area contributed by atoms with Gasteiger partial charge in [-0.1, -0.05) is 38.7 Å². The van der Waals surface area contributed by atoms with Gasteiger partial charge in [0.05, 0.1) is 12.2 Å². The fourth-order valence-corrected chi connectivity index (χ4v) is 4.07. The number of anilines is 1. The van der Waals surface area contributed by atoms with Gasteiger partial charge in [0.2, 0.25) is 0 Å². The van der Waals surface area contributed by atoms with Crippen LogP contribution < -0.4 is 16.0 Å². The number of nitrogens with one attached hydrogen (secondary N) is 1. The summed E-state index contributed by atoms with van der Waals surface area (Å²) in [6.45, 7) is 7.37. The van der Waals surface area contributed by atoms with Gasteiger partial charge in [-0.3, -0.25) is 0 Å². The number of piperazine rings is 1. The number of hydrogen-bond donors (Lipinski definition) is 2. The minimum Gasteiger partial charge on any atom is -0.370 e. The summed E-state index contributed by atoms with van der Waals surface area (Å²) in [6, 6.07) is 5.88. The number of benzene rings is 1. The summed E-state index contributed by atoms with van der Waals surface area (Å²) in [5.74, 6) is 0.310. The van der Waals surface area contributed by atoms with Gasteiger partial charge in [-0.15, -0.1) is 0 Å². The molecule has 0 unspecified atom stereocenters. The van der Waals surface area contributed by atoms with Crippen LogP contribution in [0, 0.1) is 5.82 Å². The van der Waals surface area contributed by atoms with Gasteiger partial charge in [0.15, 0.2) is 5.96 Å². The number of likely N-dealkylation sites (N-methyl/N-ethyl adjacent to an activating group) is 1. The molecule has 1 heterocycles. The molecule has 2 fully saturated rings. The lowest BCUT2D eigenvalue weighted by atomic mass is 10.1. The van der Waals surface area contributed by atoms with E-state index in [2.05, 4.69) is 27.0 Å². The summed E-state index contributed by atoms with van der Waals surface area (Å²) < 4.78 is 14.6. The molecule has 1 saturated heterocycles. The first-order valence-corrected chi connectivity index (χ1v) is 10.5. The number of guanidine groups is 1. The Morgan fingerprint density at radius 2 is 1.85 bits per heavy atom. The van der Waals surface area contributed by atoms with Gasteiger partial charge in [0.1, 0.15) is 5.82 Å². The Bertz CT molecular complexity index is 617. The minimum absolute atomic E-state index is 0.164. The van der Waals surface area contributed by atoms with E-state index in [0.717, 1.165) is 51.1 Å². The van der Waals surface area contributed by atoms with Crippen LogP contribution in [0.25, 0.3) is 0 Å². The molecule has 0 atom stereocenters. The van der Waals surface area contributed by atoms with Gasteiger partial charge in [0.25, 0.3) is 0 Å². The second kappa shape index (κ2) is 9.93. The Morgan fingerprint density at radius 3 is 2.48 bits per heavy atom. The predicted octanol–water partition coefficient (Wildman–Crippen LogP) is 3.09. The molecule has 150 valence electrons. The quantitative estimate of drug-likeness (QED) is 0.472. The summed E-state index contributed by atoms with van der Waals surface area (Å²) in [5, 5.41) is 3.34. The maximum atomic E-state index is 14.6. The summed E-state index contributed by atoms with van der Waals surface area (Å²) in [4.78, 5) is 8.95. The fourth-order valence-electron chi connectivity index (χ4n) is 4.07. The SMILES string of the molecule is CCN1CCN(c2ccc(CN=C(N)NC3CCCCCC3)cc2F)CC1. The topological polar surface area (TPSA) is 56.9 Å². The van der Waals surface area contributed by atoms with Crippen LogP contribution in [0.1, 0.15) is 51.0 Å². The third-order valence-electron chi connectivity index (χ3n) is 5.81. The van der Waals surface area contributed by atoms with Crippen molar-refractivity contribution in [3.63, 3.8) is 0 Å². The van der Waals surface area contributed by atoms with E-state index in [0.29, 0.717) is 24.2 Å². The Hall–Kier alpha value is -1.82. The molecule has 1 aliphatic carbocycles. The Kier molecular flexibility index (Phi) is 7.33. The summed E-state index contributed by atoms with van der Waals surface area (Å²) >= 11 is 0. The van der Waals surface area contributed by atoms with E-state index in [1.54, 1.807) is 6.07 Å². The Labute approximate surface area is 162 Å². The normalized spacial score (nSPS) is 20.5. The van der Waals surface area contributed by atoms with Gasteiger partial charge in [-0.05, 0) is 37.1 Å². The van der Waals surface area contributed by atoms with Crippen LogP contribution in [0.5, 0.6) is 0 Å². The molecule has 1 aliphatic heterocycles. The van der Waals surface area contributed by atoms with E-state index in [9.17, 15) is 4.39 Å². The fraction of sp³-hybridized carbons (Fsp3) is 0.667. The van der Waals surface area contributed by atoms with Crippen molar-refractivity contribution in [2.45, 2.75) is 58.0 Å². The minimum atomic E-state index is -0.164. The van der Waals surface area contributed by atoms with Crippen LogP contribution in [0.4, 0.5) is 10.1 Å². The average molecular weight is 376 g/mol. The zero-order chi connectivity index (χ0) is 19.1. The van der Waals surface area contributed by atoms with Gasteiger partial charge >= 0.3 is 0 Å². The first-order chi connectivity index (χ1) is 13.2. The average Bonchev–Trinajstić information content (AvgIpc) is 2.95. The lowest BCUT2D eigenvalue weighted by molar-refractivity contribution is 0.270. The van der Waals surface area contributed by atoms with Crippen LogP contribution in [-0.2, 0) is 6.54 Å². The molecule has 27 heavy (non-hydrogen) atoms. The highest BCUT2D eigenvalue weighted by Crippen LogP contribution is 2.22. The summed E-state index contributed by atoms with van der Waals surface area (Å²) in [5.41, 5.74) is 7.60. The molecular formula is C21H34FN5. The maximum absolute atomic E-state index is 14.6. The van der Waals surface area contributed by atoms with Crippen molar-refractivity contribution in [2.24, 2.45) is 10.7 Å². The largest absolute Gasteiger partial charge is 0.370 e. The van der Waals surface area contributed by atoms with E-state index in [1.807, 2.05) is 12.1 Å². The zero-order valence-electron chi connectivity index (χ0n) is 16.6. The molecule has 6 heteroatoms. The standard InChI is InChI=1S/C21H34FN5/c1-2-26-11-13-27(14-12-26)20-10-9-17(15-19(20)22)16-24-21(23)25-18-7-5-3-4-6-8-18/h9-10,15,18H,2-8,11-14,16H2,1H3,(H3,23,24,25). The molecule has 0 radical (unpaired) electrons. The van der Waals surface area contributed by atoms with Crippen molar-refractivity contribution in [3.8, 4) is 0 Å². The van der Waals surface area contributed by atoms with Crippen molar-refractivity contribution in [1.29, 1.82) is 0 Å². The number of nitrogens with zero attached hydrogens (tertiary/aromatic N) is 3. The number of hydrogen-bond acceptors (Lipinski definition) is 3. The van der Waals surface area contributed by atoms with Gasteiger partial charge in [0, 0.05) is 32.2 Å². The van der Waals surface area contributed by atoms with Crippen molar-refractivity contribution in [2.75, 3.05) is 37.6 Å². The molecule has 0 spiro atoms. The van der Waals surface area contributed by atoms with E-state index in [1.165, 1.54) is 25.7 Å². The first kappa shape index (κ1) is 19.9. The molecule has 1 saturated carbocycles. The van der Waals surface area contributed by atoms with E-state index < -0.39 is 0 Å². The van der Waals surface area contributed by atoms with E-state index in [4.69, 9.17) is 5.73 Å². The Morgan fingerprint density at radius 1 is 1.15 bits per heavy atom. The van der Waals surface area contributed by atoms with Crippen molar-refractivity contribution >= 4 is 11.6 Å². The lowest BCUT2D eigenvalue weighted by Gasteiger charge is -2.35. The predicted molar refractivity (Wildman–Crippen MR) is 111 cm³/mol. The molecule has 3 rings (SSSR count). The maximum Gasteiger partial charge on any atom is 0.189 e. The number of nitrogens with two attached hydrogens (primary N) is 1. The second-order valence-electron chi connectivity index (χ2n) is 7.74. The molecule has 1 aromatic rings. The molecule has 0 bridgehead atoms. The first-order valence-electron chi connectivity index (χ1n) is 10.5. The highest BCUT2D eigenvalue weighted by molar-refractivity contribution is 5.78. The van der Waals surface area contributed by atoms with Crippen LogP contribution in [0.2, 0.25) is 0 Å². The van der Waals surface area contributed by atoms with Crippen LogP contribution >= 0.6 is 0 Å². The molecular weight excluding hydrogens is 341 g/mol. The van der Waals surface area contributed by atoms with Crippen molar-refractivity contribution < 1.29 is 4.39 Å². The Balaban J connectivity index is 1.54. The van der Waals surface area contributed by atoms with Crippen LogP contribution in [0.15, 0.2) is 23.2 Å².